The zero-order valence-electron chi connectivity index (χ0n) is 18.9. The Bertz CT molecular complexity index is 1720. The summed E-state index contributed by atoms with van der Waals surface area (Å²) in [6.45, 7) is 0.250. The maximum atomic E-state index is 14.0. The highest BCUT2D eigenvalue weighted by molar-refractivity contribution is 9.10. The van der Waals surface area contributed by atoms with Gasteiger partial charge in [-0.05, 0) is 57.9 Å². The zero-order chi connectivity index (χ0) is 26.2. The SMILES string of the molecule is O=S(=O)(Nc1cccc(CNc2cc(-c3ccccc3O)nc3c(Br)cnn23)c1)c1c(F)cccc1F. The predicted octanol–water partition coefficient (Wildman–Crippen LogP) is 5.56. The Balaban J connectivity index is 1.42. The van der Waals surface area contributed by atoms with Crippen molar-refractivity contribution in [1.29, 1.82) is 0 Å². The Morgan fingerprint density at radius 2 is 1.70 bits per heavy atom. The molecule has 3 aromatic carbocycles. The van der Waals surface area contributed by atoms with Crippen LogP contribution in [0.3, 0.4) is 0 Å². The third-order valence-electron chi connectivity index (χ3n) is 5.45. The van der Waals surface area contributed by atoms with Gasteiger partial charge in [-0.2, -0.15) is 9.61 Å². The van der Waals surface area contributed by atoms with Crippen molar-refractivity contribution in [2.24, 2.45) is 0 Å². The maximum Gasteiger partial charge on any atom is 0.267 e. The van der Waals surface area contributed by atoms with Gasteiger partial charge in [0.1, 0.15) is 23.2 Å². The van der Waals surface area contributed by atoms with Crippen LogP contribution in [0.1, 0.15) is 5.56 Å². The first kappa shape index (κ1) is 24.7. The van der Waals surface area contributed by atoms with Crippen LogP contribution in [-0.4, -0.2) is 28.1 Å². The number of para-hydroxylation sites is 1. The van der Waals surface area contributed by atoms with E-state index in [0.29, 0.717) is 32.8 Å². The lowest BCUT2D eigenvalue weighted by atomic mass is 10.1. The van der Waals surface area contributed by atoms with Crippen LogP contribution < -0.4 is 10.0 Å². The average molecular weight is 586 g/mol. The standard InChI is InChI=1S/C25H18BrF2N5O3S/c26-18-14-30-33-23(12-21(31-25(18)33)17-7-1-2-10-22(17)34)29-13-15-5-3-6-16(11-15)32-37(35,36)24-19(27)8-4-9-20(24)28/h1-12,14,29,32,34H,13H2. The van der Waals surface area contributed by atoms with E-state index in [0.717, 1.165) is 18.2 Å². The number of hydrogen-bond donors (Lipinski definition) is 3. The number of rotatable bonds is 7. The molecule has 3 N–H and O–H groups in total. The van der Waals surface area contributed by atoms with Crippen LogP contribution in [-0.2, 0) is 16.6 Å². The van der Waals surface area contributed by atoms with Crippen molar-refractivity contribution in [3.8, 4) is 17.0 Å². The number of nitrogens with zero attached hydrogens (tertiary/aromatic N) is 3. The van der Waals surface area contributed by atoms with Crippen molar-refractivity contribution < 1.29 is 22.3 Å². The zero-order valence-corrected chi connectivity index (χ0v) is 21.3. The van der Waals surface area contributed by atoms with Crippen molar-refractivity contribution in [2.45, 2.75) is 11.4 Å². The number of sulfonamides is 1. The number of fused-ring (bicyclic) bond motifs is 1. The van der Waals surface area contributed by atoms with Crippen molar-refractivity contribution in [2.75, 3.05) is 10.0 Å². The van der Waals surface area contributed by atoms with Crippen molar-refractivity contribution in [1.82, 2.24) is 14.6 Å². The van der Waals surface area contributed by atoms with Gasteiger partial charge in [0.25, 0.3) is 10.0 Å². The van der Waals surface area contributed by atoms with Gasteiger partial charge in [-0.15, -0.1) is 0 Å². The van der Waals surface area contributed by atoms with E-state index in [1.54, 1.807) is 59.2 Å². The molecule has 0 unspecified atom stereocenters. The molecule has 2 heterocycles. The molecule has 0 aliphatic heterocycles. The summed E-state index contributed by atoms with van der Waals surface area (Å²) >= 11 is 3.43. The summed E-state index contributed by atoms with van der Waals surface area (Å²) in [6, 6.07) is 17.8. The van der Waals surface area contributed by atoms with E-state index in [1.165, 1.54) is 6.07 Å². The fraction of sp³-hybridized carbons (Fsp3) is 0.0400. The van der Waals surface area contributed by atoms with E-state index >= 15 is 0 Å². The number of benzene rings is 3. The van der Waals surface area contributed by atoms with Gasteiger partial charge < -0.3 is 10.4 Å². The summed E-state index contributed by atoms with van der Waals surface area (Å²) in [5.41, 5.74) is 2.39. The van der Waals surface area contributed by atoms with Gasteiger partial charge in [-0.3, -0.25) is 4.72 Å². The predicted molar refractivity (Wildman–Crippen MR) is 139 cm³/mol. The molecule has 0 radical (unpaired) electrons. The fourth-order valence-corrected chi connectivity index (χ4v) is 5.31. The molecule has 2 aromatic heterocycles. The molecule has 5 aromatic rings. The molecule has 0 saturated heterocycles. The average Bonchev–Trinajstić information content (AvgIpc) is 3.23. The first-order chi connectivity index (χ1) is 17.7. The summed E-state index contributed by atoms with van der Waals surface area (Å²) in [6.07, 6.45) is 1.60. The van der Waals surface area contributed by atoms with Crippen LogP contribution in [0.25, 0.3) is 16.9 Å². The summed E-state index contributed by atoms with van der Waals surface area (Å²) in [4.78, 5) is 3.55. The van der Waals surface area contributed by atoms with Crippen LogP contribution in [0.4, 0.5) is 20.3 Å². The summed E-state index contributed by atoms with van der Waals surface area (Å²) < 4.78 is 57.8. The molecular formula is C25H18BrF2N5O3S. The lowest BCUT2D eigenvalue weighted by Crippen LogP contribution is -2.16. The minimum Gasteiger partial charge on any atom is -0.507 e. The molecule has 0 saturated carbocycles. The van der Waals surface area contributed by atoms with Crippen LogP contribution in [0.5, 0.6) is 5.75 Å². The lowest BCUT2D eigenvalue weighted by molar-refractivity contribution is 0.477. The number of phenolic OH excluding ortho intramolecular Hbond substituents is 1. The molecule has 0 bridgehead atoms. The smallest absolute Gasteiger partial charge is 0.267 e. The number of aromatic nitrogens is 3. The highest BCUT2D eigenvalue weighted by Gasteiger charge is 2.24. The van der Waals surface area contributed by atoms with Gasteiger partial charge >= 0.3 is 0 Å². The normalized spacial score (nSPS) is 11.5. The maximum absolute atomic E-state index is 14.0. The molecule has 8 nitrogen and oxygen atoms in total. The fourth-order valence-electron chi connectivity index (χ4n) is 3.77. The van der Waals surface area contributed by atoms with E-state index in [2.05, 4.69) is 36.1 Å². The van der Waals surface area contributed by atoms with Gasteiger partial charge in [0.2, 0.25) is 0 Å². The second-order valence-electron chi connectivity index (χ2n) is 7.98. The van der Waals surface area contributed by atoms with Crippen LogP contribution >= 0.6 is 15.9 Å². The molecule has 0 aliphatic carbocycles. The summed E-state index contributed by atoms with van der Waals surface area (Å²) in [5.74, 6) is -1.73. The van der Waals surface area contributed by atoms with Crippen LogP contribution in [0.2, 0.25) is 0 Å². The number of hydrogen-bond acceptors (Lipinski definition) is 6. The van der Waals surface area contributed by atoms with Crippen LogP contribution in [0.15, 0.2) is 88.4 Å². The molecule has 12 heteroatoms. The lowest BCUT2D eigenvalue weighted by Gasteiger charge is -2.13. The van der Waals surface area contributed by atoms with Crippen LogP contribution in [0, 0.1) is 11.6 Å². The third kappa shape index (κ3) is 4.98. The van der Waals surface area contributed by atoms with Gasteiger partial charge in [-0.1, -0.05) is 30.3 Å². The van der Waals surface area contributed by atoms with Crippen molar-refractivity contribution in [3.05, 3.63) is 101 Å². The Kier molecular flexibility index (Phi) is 6.52. The molecule has 5 rings (SSSR count). The second kappa shape index (κ2) is 9.79. The topological polar surface area (TPSA) is 109 Å². The molecule has 0 spiro atoms. The Labute approximate surface area is 218 Å². The number of phenols is 1. The van der Waals surface area contributed by atoms with E-state index in [-0.39, 0.29) is 18.0 Å². The highest BCUT2D eigenvalue weighted by Crippen LogP contribution is 2.31. The molecule has 0 aliphatic rings. The first-order valence-electron chi connectivity index (χ1n) is 10.9. The third-order valence-corrected chi connectivity index (χ3v) is 7.44. The number of aromatic hydroxyl groups is 1. The Hall–Kier alpha value is -4.03. The molecular weight excluding hydrogens is 568 g/mol. The number of anilines is 2. The number of halogens is 3. The Morgan fingerprint density at radius 3 is 2.46 bits per heavy atom. The second-order valence-corrected chi connectivity index (χ2v) is 10.5. The quantitative estimate of drug-likeness (QED) is 0.231. The monoisotopic (exact) mass is 585 g/mol. The molecule has 0 amide bonds. The molecule has 37 heavy (non-hydrogen) atoms. The summed E-state index contributed by atoms with van der Waals surface area (Å²) in [7, 11) is -4.50. The van der Waals surface area contributed by atoms with Gasteiger partial charge in [0, 0.05) is 23.9 Å². The minimum absolute atomic E-state index is 0.0761. The van der Waals surface area contributed by atoms with Gasteiger partial charge in [0.15, 0.2) is 10.5 Å². The summed E-state index contributed by atoms with van der Waals surface area (Å²) in [5, 5.41) is 17.9. The minimum atomic E-state index is -4.50. The number of nitrogens with one attached hydrogen (secondary N) is 2. The Morgan fingerprint density at radius 1 is 0.973 bits per heavy atom. The van der Waals surface area contributed by atoms with Gasteiger partial charge in [0.05, 0.1) is 16.4 Å². The highest BCUT2D eigenvalue weighted by atomic mass is 79.9. The van der Waals surface area contributed by atoms with E-state index in [9.17, 15) is 22.3 Å². The van der Waals surface area contributed by atoms with Crippen molar-refractivity contribution in [3.63, 3.8) is 0 Å². The largest absolute Gasteiger partial charge is 0.507 e. The van der Waals surface area contributed by atoms with E-state index in [4.69, 9.17) is 0 Å². The van der Waals surface area contributed by atoms with E-state index in [1.807, 2.05) is 0 Å². The molecule has 0 fully saturated rings. The molecule has 188 valence electrons. The first-order valence-corrected chi connectivity index (χ1v) is 13.1. The van der Waals surface area contributed by atoms with Crippen molar-refractivity contribution >= 4 is 43.1 Å². The van der Waals surface area contributed by atoms with E-state index < -0.39 is 26.6 Å². The molecule has 0 atom stereocenters. The van der Waals surface area contributed by atoms with Gasteiger partial charge in [-0.25, -0.2) is 22.2 Å².